The zero-order valence-corrected chi connectivity index (χ0v) is 20.3. The first kappa shape index (κ1) is 26.4. The lowest BCUT2D eigenvalue weighted by atomic mass is 9.93. The normalized spacial score (nSPS) is 30.3. The lowest BCUT2D eigenvalue weighted by Crippen LogP contribution is -2.57. The average molecular weight is 475 g/mol. The minimum Gasteiger partial charge on any atom is -0.483 e. The number of hydrogen-bond acceptors (Lipinski definition) is 7. The summed E-state index contributed by atoms with van der Waals surface area (Å²) in [6.45, 7) is 9.51. The van der Waals surface area contributed by atoms with Gasteiger partial charge in [-0.05, 0) is 82.7 Å². The molecule has 7 heteroatoms. The van der Waals surface area contributed by atoms with Gasteiger partial charge in [0.25, 0.3) is 0 Å². The number of fused-ring (bicyclic) bond motifs is 1. The van der Waals surface area contributed by atoms with Crippen LogP contribution in [0.25, 0.3) is 6.08 Å². The molecule has 0 amide bonds. The van der Waals surface area contributed by atoms with Crippen molar-refractivity contribution in [1.82, 2.24) is 0 Å². The summed E-state index contributed by atoms with van der Waals surface area (Å²) in [4.78, 5) is 0. The number of unbranched alkanes of at least 4 members (excludes halogenated alkanes) is 1. The fourth-order valence-electron chi connectivity index (χ4n) is 4.26. The van der Waals surface area contributed by atoms with E-state index >= 15 is 0 Å². The van der Waals surface area contributed by atoms with Crippen LogP contribution in [0.3, 0.4) is 0 Å². The van der Waals surface area contributed by atoms with Gasteiger partial charge in [0.1, 0.15) is 23.2 Å². The summed E-state index contributed by atoms with van der Waals surface area (Å²) in [5.41, 5.74) is 2.53. The minimum atomic E-state index is -1.63. The van der Waals surface area contributed by atoms with E-state index in [2.05, 4.69) is 33.4 Å². The molecule has 0 aliphatic carbocycles. The third-order valence-corrected chi connectivity index (χ3v) is 6.33. The Labute approximate surface area is 202 Å². The van der Waals surface area contributed by atoms with Crippen molar-refractivity contribution in [2.75, 3.05) is 6.61 Å². The first-order valence-corrected chi connectivity index (χ1v) is 11.9. The number of ether oxygens (including phenoxy) is 3. The Morgan fingerprint density at radius 2 is 1.94 bits per heavy atom. The Kier molecular flexibility index (Phi) is 8.95. The molecule has 188 valence electrons. The summed E-state index contributed by atoms with van der Waals surface area (Å²) < 4.78 is 17.9. The first-order valence-electron chi connectivity index (χ1n) is 11.9. The minimum absolute atomic E-state index is 0.466. The Bertz CT molecular complexity index is 904. The molecule has 1 aromatic rings. The molecule has 1 saturated heterocycles. The second-order valence-corrected chi connectivity index (χ2v) is 9.60. The van der Waals surface area contributed by atoms with Gasteiger partial charge in [0.15, 0.2) is 6.29 Å². The fraction of sp³-hybridized carbons (Fsp3) is 0.556. The highest BCUT2D eigenvalue weighted by atomic mass is 16.7. The number of aliphatic hydroxyl groups excluding tert-OH is 4. The van der Waals surface area contributed by atoms with Gasteiger partial charge in [0.2, 0.25) is 6.29 Å². The number of allylic oxidation sites excluding steroid dienone is 3. The van der Waals surface area contributed by atoms with E-state index in [0.717, 1.165) is 43.2 Å². The largest absolute Gasteiger partial charge is 0.483 e. The fourth-order valence-corrected chi connectivity index (χ4v) is 4.26. The molecule has 0 aromatic heterocycles. The summed E-state index contributed by atoms with van der Waals surface area (Å²) in [6, 6.07) is 3.91. The molecule has 2 unspecified atom stereocenters. The maximum Gasteiger partial charge on any atom is 0.210 e. The van der Waals surface area contributed by atoms with E-state index in [1.807, 2.05) is 30.4 Å². The molecule has 2 aliphatic heterocycles. The third kappa shape index (κ3) is 6.29. The highest BCUT2D eigenvalue weighted by Gasteiger charge is 2.45. The molecule has 7 nitrogen and oxygen atoms in total. The number of hydrogen-bond donors (Lipinski definition) is 4. The van der Waals surface area contributed by atoms with Crippen molar-refractivity contribution >= 4 is 6.08 Å². The molecule has 1 fully saturated rings. The van der Waals surface area contributed by atoms with E-state index in [1.54, 1.807) is 0 Å². The smallest absolute Gasteiger partial charge is 0.210 e. The average Bonchev–Trinajstić information content (AvgIpc) is 2.77. The molecule has 0 radical (unpaired) electrons. The van der Waals surface area contributed by atoms with Gasteiger partial charge < -0.3 is 34.6 Å². The van der Waals surface area contributed by atoms with E-state index in [9.17, 15) is 20.4 Å². The Morgan fingerprint density at radius 1 is 1.18 bits per heavy atom. The van der Waals surface area contributed by atoms with Crippen molar-refractivity contribution in [1.29, 1.82) is 0 Å². The zero-order chi connectivity index (χ0) is 24.9. The van der Waals surface area contributed by atoms with Gasteiger partial charge in [-0.25, -0.2) is 0 Å². The first-order chi connectivity index (χ1) is 16.2. The van der Waals surface area contributed by atoms with Crippen molar-refractivity contribution in [3.8, 4) is 11.5 Å². The summed E-state index contributed by atoms with van der Waals surface area (Å²) >= 11 is 0. The highest BCUT2D eigenvalue weighted by molar-refractivity contribution is 5.68. The van der Waals surface area contributed by atoms with Crippen molar-refractivity contribution in [2.45, 2.75) is 83.3 Å². The second-order valence-electron chi connectivity index (χ2n) is 9.60. The van der Waals surface area contributed by atoms with Crippen molar-refractivity contribution in [3.63, 3.8) is 0 Å². The van der Waals surface area contributed by atoms with Crippen LogP contribution in [0, 0.1) is 5.92 Å². The van der Waals surface area contributed by atoms with Crippen LogP contribution in [0.1, 0.15) is 57.6 Å². The van der Waals surface area contributed by atoms with Crippen molar-refractivity contribution < 1.29 is 34.6 Å². The molecule has 2 heterocycles. The quantitative estimate of drug-likeness (QED) is 0.304. The number of aryl methyl sites for hydroxylation is 1. The van der Waals surface area contributed by atoms with Crippen LogP contribution in [-0.4, -0.2) is 57.4 Å². The molecule has 4 N–H and O–H groups in total. The van der Waals surface area contributed by atoms with E-state index in [0.29, 0.717) is 11.5 Å². The van der Waals surface area contributed by atoms with Gasteiger partial charge in [-0.2, -0.15) is 0 Å². The van der Waals surface area contributed by atoms with Gasteiger partial charge in [-0.3, -0.25) is 0 Å². The predicted octanol–water partition coefficient (Wildman–Crippen LogP) is 3.49. The van der Waals surface area contributed by atoms with Crippen molar-refractivity contribution in [2.24, 2.45) is 5.92 Å². The summed E-state index contributed by atoms with van der Waals surface area (Å²) in [7, 11) is 0. The van der Waals surface area contributed by atoms with E-state index in [1.165, 1.54) is 5.57 Å². The van der Waals surface area contributed by atoms with Crippen LogP contribution in [-0.2, 0) is 11.2 Å². The van der Waals surface area contributed by atoms with Gasteiger partial charge >= 0.3 is 0 Å². The standard InChI is InChI=1S/C27H38O7/c1-5-6-7-10-18-14-21(32-26-20(16-28)23(29)24(30)25(31)33-26)19-11-13-27(4,34-22(19)15-18)12-8-9-17(2)3/h5,9,11,13-15,20,23-26,28-31H,1,6-8,10,12,16H2,2-4H3/t20-,23-,24+,25+,26?,27?/m1/s1. The summed E-state index contributed by atoms with van der Waals surface area (Å²) in [5.74, 6) is 0.222. The van der Waals surface area contributed by atoms with E-state index in [-0.39, 0.29) is 0 Å². The Hall–Kier alpha value is -2.16. The molecule has 0 spiro atoms. The molecule has 6 atom stereocenters. The predicted molar refractivity (Wildman–Crippen MR) is 130 cm³/mol. The molecule has 2 aliphatic rings. The maximum absolute atomic E-state index is 10.3. The van der Waals surface area contributed by atoms with Crippen LogP contribution < -0.4 is 9.47 Å². The highest BCUT2D eigenvalue weighted by Crippen LogP contribution is 2.41. The molecule has 3 rings (SSSR count). The number of benzene rings is 1. The van der Waals surface area contributed by atoms with Gasteiger partial charge in [0.05, 0.1) is 24.2 Å². The van der Waals surface area contributed by atoms with E-state index in [4.69, 9.17) is 14.2 Å². The van der Waals surface area contributed by atoms with Crippen LogP contribution >= 0.6 is 0 Å². The van der Waals surface area contributed by atoms with Crippen LogP contribution in [0.2, 0.25) is 0 Å². The van der Waals surface area contributed by atoms with Gasteiger partial charge in [0, 0.05) is 0 Å². The van der Waals surface area contributed by atoms with Gasteiger partial charge in [-0.15, -0.1) is 6.58 Å². The molecule has 0 saturated carbocycles. The van der Waals surface area contributed by atoms with Crippen LogP contribution in [0.4, 0.5) is 0 Å². The maximum atomic E-state index is 10.3. The summed E-state index contributed by atoms with van der Waals surface area (Å²) in [5, 5.41) is 40.0. The second kappa shape index (κ2) is 11.5. The van der Waals surface area contributed by atoms with E-state index < -0.39 is 42.9 Å². The Morgan fingerprint density at radius 3 is 2.62 bits per heavy atom. The third-order valence-electron chi connectivity index (χ3n) is 6.33. The molecular formula is C27H38O7. The monoisotopic (exact) mass is 474 g/mol. The Balaban J connectivity index is 1.90. The lowest BCUT2D eigenvalue weighted by Gasteiger charge is -2.40. The molecule has 1 aromatic carbocycles. The SMILES string of the molecule is C=CCCCc1cc(OC2O[C@H](O)[C@@H](O)[C@H](O)[C@H]2CO)c2c(c1)OC(C)(CCC=C(C)C)C=C2. The van der Waals surface area contributed by atoms with Gasteiger partial charge in [-0.1, -0.05) is 17.7 Å². The molecule has 34 heavy (non-hydrogen) atoms. The van der Waals surface area contributed by atoms with Crippen molar-refractivity contribution in [3.05, 3.63) is 53.6 Å². The zero-order valence-electron chi connectivity index (χ0n) is 20.3. The molecular weight excluding hydrogens is 436 g/mol. The number of rotatable bonds is 10. The summed E-state index contributed by atoms with van der Waals surface area (Å²) in [6.07, 6.45) is 6.65. The topological polar surface area (TPSA) is 109 Å². The number of aliphatic hydroxyl groups is 4. The lowest BCUT2D eigenvalue weighted by molar-refractivity contribution is -0.312. The molecule has 0 bridgehead atoms. The van der Waals surface area contributed by atoms with Crippen LogP contribution in [0.15, 0.2) is 42.5 Å². The van der Waals surface area contributed by atoms with Crippen LogP contribution in [0.5, 0.6) is 11.5 Å².